The van der Waals surface area contributed by atoms with Crippen LogP contribution in [0, 0.1) is 0 Å². The average Bonchev–Trinajstić information content (AvgIpc) is 2.80. The maximum atomic E-state index is 5.70. The summed E-state index contributed by atoms with van der Waals surface area (Å²) in [5, 5.41) is 5.13. The van der Waals surface area contributed by atoms with Gasteiger partial charge in [-0.15, -0.1) is 5.06 Å². The maximum Gasteiger partial charge on any atom is 0.225 e. The van der Waals surface area contributed by atoms with Gasteiger partial charge in [0.2, 0.25) is 5.90 Å². The third kappa shape index (κ3) is 2.84. The summed E-state index contributed by atoms with van der Waals surface area (Å²) in [5.74, 6) is 0.766. The van der Waals surface area contributed by atoms with Gasteiger partial charge in [0.05, 0.1) is 6.54 Å². The van der Waals surface area contributed by atoms with Gasteiger partial charge in [0.1, 0.15) is 0 Å². The van der Waals surface area contributed by atoms with Crippen LogP contribution in [0.5, 0.6) is 0 Å². The predicted octanol–water partition coefficient (Wildman–Crippen LogP) is 1.96. The molecule has 1 N–H and O–H groups in total. The molecular weight excluding hydrogens is 214 g/mol. The molecule has 0 aromatic heterocycles. The number of benzene rings is 1. The first-order chi connectivity index (χ1) is 8.35. The van der Waals surface area contributed by atoms with Crippen molar-refractivity contribution in [3.63, 3.8) is 0 Å². The molecule has 1 aliphatic rings. The second kappa shape index (κ2) is 5.80. The topological polar surface area (TPSA) is 36.9 Å². The van der Waals surface area contributed by atoms with Crippen molar-refractivity contribution in [1.82, 2.24) is 10.4 Å². The molecule has 0 saturated heterocycles. The van der Waals surface area contributed by atoms with Crippen molar-refractivity contribution < 1.29 is 4.84 Å². The van der Waals surface area contributed by atoms with Gasteiger partial charge in [-0.25, -0.2) is 4.99 Å². The molecule has 1 aromatic carbocycles. The van der Waals surface area contributed by atoms with Crippen LogP contribution in [-0.2, 0) is 4.84 Å². The van der Waals surface area contributed by atoms with Crippen LogP contribution in [0.15, 0.2) is 35.3 Å². The van der Waals surface area contributed by atoms with E-state index in [4.69, 9.17) is 4.84 Å². The minimum atomic E-state index is -0.00476. The molecule has 1 atom stereocenters. The number of hydroxylamine groups is 2. The summed E-state index contributed by atoms with van der Waals surface area (Å²) in [6.45, 7) is 6.57. The van der Waals surface area contributed by atoms with E-state index in [0.29, 0.717) is 6.54 Å². The monoisotopic (exact) mass is 233 g/mol. The molecule has 0 amide bonds. The first-order valence-electron chi connectivity index (χ1n) is 6.12. The highest BCUT2D eigenvalue weighted by Crippen LogP contribution is 2.27. The fourth-order valence-electron chi connectivity index (χ4n) is 1.82. The lowest BCUT2D eigenvalue weighted by Crippen LogP contribution is -2.27. The van der Waals surface area contributed by atoms with Crippen LogP contribution in [0.25, 0.3) is 0 Å². The number of hydrogen-bond donors (Lipinski definition) is 1. The molecule has 4 heteroatoms. The van der Waals surface area contributed by atoms with Crippen molar-refractivity contribution in [3.8, 4) is 0 Å². The van der Waals surface area contributed by atoms with Crippen molar-refractivity contribution in [2.24, 2.45) is 4.99 Å². The molecule has 0 radical (unpaired) electrons. The Morgan fingerprint density at radius 1 is 1.29 bits per heavy atom. The van der Waals surface area contributed by atoms with Crippen molar-refractivity contribution in [3.05, 3.63) is 35.9 Å². The normalized spacial score (nSPS) is 20.1. The number of nitrogens with zero attached hydrogens (tertiary/aromatic N) is 2. The summed E-state index contributed by atoms with van der Waals surface area (Å²) in [7, 11) is 0. The Morgan fingerprint density at radius 2 is 2.06 bits per heavy atom. The fraction of sp³-hybridized carbons (Fsp3) is 0.462. The Morgan fingerprint density at radius 3 is 2.71 bits per heavy atom. The molecule has 4 nitrogen and oxygen atoms in total. The zero-order valence-corrected chi connectivity index (χ0v) is 10.4. The van der Waals surface area contributed by atoms with Crippen molar-refractivity contribution >= 4 is 5.90 Å². The molecule has 0 aliphatic carbocycles. The van der Waals surface area contributed by atoms with Gasteiger partial charge in [-0.3, -0.25) is 0 Å². The van der Waals surface area contributed by atoms with Crippen LogP contribution in [0.2, 0.25) is 0 Å². The van der Waals surface area contributed by atoms with E-state index in [1.165, 1.54) is 5.56 Å². The van der Waals surface area contributed by atoms with Crippen LogP contribution in [-0.4, -0.2) is 30.6 Å². The lowest BCUT2D eigenvalue weighted by molar-refractivity contribution is -0.0810. The molecule has 17 heavy (non-hydrogen) atoms. The molecule has 1 heterocycles. The molecule has 1 aliphatic heterocycles. The lowest BCUT2D eigenvalue weighted by Gasteiger charge is -2.19. The first kappa shape index (κ1) is 12.1. The molecule has 1 aromatic rings. The van der Waals surface area contributed by atoms with E-state index in [-0.39, 0.29) is 6.17 Å². The van der Waals surface area contributed by atoms with Crippen LogP contribution >= 0.6 is 0 Å². The molecule has 0 bridgehead atoms. The van der Waals surface area contributed by atoms with Crippen molar-refractivity contribution in [2.75, 3.05) is 19.6 Å². The van der Waals surface area contributed by atoms with E-state index in [2.05, 4.69) is 36.3 Å². The highest BCUT2D eigenvalue weighted by atomic mass is 16.7. The third-order valence-electron chi connectivity index (χ3n) is 2.70. The van der Waals surface area contributed by atoms with Gasteiger partial charge in [-0.2, -0.15) is 0 Å². The fourth-order valence-corrected chi connectivity index (χ4v) is 1.82. The summed E-state index contributed by atoms with van der Waals surface area (Å²) in [4.78, 5) is 10.3. The highest BCUT2D eigenvalue weighted by Gasteiger charge is 2.27. The average molecular weight is 233 g/mol. The van der Waals surface area contributed by atoms with Crippen LogP contribution in [0.3, 0.4) is 0 Å². The SMILES string of the molecule is CCNCC1=N[C@H](c2ccccc2)N(CC)O1. The molecular formula is C13H19N3O. The van der Waals surface area contributed by atoms with Crippen LogP contribution in [0.4, 0.5) is 0 Å². The van der Waals surface area contributed by atoms with Gasteiger partial charge in [0, 0.05) is 6.54 Å². The van der Waals surface area contributed by atoms with Crippen LogP contribution < -0.4 is 5.32 Å². The van der Waals surface area contributed by atoms with E-state index >= 15 is 0 Å². The molecule has 0 saturated carbocycles. The molecule has 92 valence electrons. The zero-order chi connectivity index (χ0) is 12.1. The molecule has 2 rings (SSSR count). The Balaban J connectivity index is 2.11. The van der Waals surface area contributed by atoms with E-state index in [0.717, 1.165) is 19.0 Å². The first-order valence-corrected chi connectivity index (χ1v) is 6.12. The summed E-state index contributed by atoms with van der Waals surface area (Å²) < 4.78 is 0. The van der Waals surface area contributed by atoms with Gasteiger partial charge in [0.25, 0.3) is 0 Å². The summed E-state index contributed by atoms with van der Waals surface area (Å²) in [6, 6.07) is 10.2. The minimum absolute atomic E-state index is 0.00476. The Hall–Kier alpha value is -1.39. The number of aliphatic imine (C=N–C) groups is 1. The van der Waals surface area contributed by atoms with E-state index in [1.54, 1.807) is 0 Å². The van der Waals surface area contributed by atoms with Gasteiger partial charge in [-0.1, -0.05) is 37.3 Å². The summed E-state index contributed by atoms with van der Waals surface area (Å²) >= 11 is 0. The largest absolute Gasteiger partial charge is 0.387 e. The van der Waals surface area contributed by atoms with Crippen molar-refractivity contribution in [1.29, 1.82) is 0 Å². The summed E-state index contributed by atoms with van der Waals surface area (Å²) in [5.41, 5.74) is 1.17. The van der Waals surface area contributed by atoms with Gasteiger partial charge in [-0.05, 0) is 19.0 Å². The van der Waals surface area contributed by atoms with Crippen molar-refractivity contribution in [2.45, 2.75) is 20.0 Å². The van der Waals surface area contributed by atoms with Gasteiger partial charge >= 0.3 is 0 Å². The smallest absolute Gasteiger partial charge is 0.225 e. The zero-order valence-electron chi connectivity index (χ0n) is 10.4. The molecule has 0 fully saturated rings. The van der Waals surface area contributed by atoms with Gasteiger partial charge in [0.15, 0.2) is 6.17 Å². The molecule has 0 unspecified atom stereocenters. The van der Waals surface area contributed by atoms with Gasteiger partial charge < -0.3 is 10.2 Å². The lowest BCUT2D eigenvalue weighted by atomic mass is 10.2. The number of nitrogens with one attached hydrogen (secondary N) is 1. The Kier molecular flexibility index (Phi) is 4.12. The summed E-state index contributed by atoms with van der Waals surface area (Å²) in [6.07, 6.45) is -0.00476. The second-order valence-corrected chi connectivity index (χ2v) is 3.91. The number of rotatable bonds is 5. The third-order valence-corrected chi connectivity index (χ3v) is 2.70. The van der Waals surface area contributed by atoms with Crippen LogP contribution in [0.1, 0.15) is 25.6 Å². The minimum Gasteiger partial charge on any atom is -0.387 e. The standard InChI is InChI=1S/C13H19N3O/c1-3-14-10-12-15-13(16(4-2)17-12)11-8-6-5-7-9-11/h5-9,13-14H,3-4,10H2,1-2H3/t13-/m0/s1. The van der Waals surface area contributed by atoms with E-state index < -0.39 is 0 Å². The number of hydrogen-bond acceptors (Lipinski definition) is 4. The van der Waals surface area contributed by atoms with E-state index in [1.807, 2.05) is 23.3 Å². The Labute approximate surface area is 102 Å². The highest BCUT2D eigenvalue weighted by molar-refractivity contribution is 5.79. The Bertz CT molecular complexity index is 378. The predicted molar refractivity (Wildman–Crippen MR) is 68.6 cm³/mol. The quantitative estimate of drug-likeness (QED) is 0.844. The second-order valence-electron chi connectivity index (χ2n) is 3.91. The number of likely N-dealkylation sites (N-methyl/N-ethyl adjacent to an activating group) is 1. The molecule has 0 spiro atoms. The van der Waals surface area contributed by atoms with E-state index in [9.17, 15) is 0 Å². The maximum absolute atomic E-state index is 5.70.